The number of aryl methyl sites for hydroxylation is 1. The molecule has 0 saturated carbocycles. The van der Waals surface area contributed by atoms with Crippen molar-refractivity contribution in [3.63, 3.8) is 0 Å². The molecule has 2 N–H and O–H groups in total. The summed E-state index contributed by atoms with van der Waals surface area (Å²) in [6.45, 7) is 9.56. The molecular formula is C14H23NO2. The molecule has 1 aromatic carbocycles. The van der Waals surface area contributed by atoms with E-state index in [2.05, 4.69) is 17.4 Å². The Bertz CT molecular complexity index is 361. The highest BCUT2D eigenvalue weighted by Crippen LogP contribution is 2.19. The zero-order valence-corrected chi connectivity index (χ0v) is 11.2. The lowest BCUT2D eigenvalue weighted by molar-refractivity contribution is 0.187. The van der Waals surface area contributed by atoms with Gasteiger partial charge in [0.2, 0.25) is 0 Å². The van der Waals surface area contributed by atoms with Gasteiger partial charge in [-0.1, -0.05) is 12.1 Å². The molecule has 17 heavy (non-hydrogen) atoms. The first-order valence-corrected chi connectivity index (χ1v) is 6.06. The van der Waals surface area contributed by atoms with E-state index >= 15 is 0 Å². The monoisotopic (exact) mass is 237 g/mol. The third kappa shape index (κ3) is 4.36. The van der Waals surface area contributed by atoms with Gasteiger partial charge in [0, 0.05) is 12.1 Å². The van der Waals surface area contributed by atoms with Gasteiger partial charge in [-0.2, -0.15) is 0 Å². The first-order valence-electron chi connectivity index (χ1n) is 6.06. The lowest BCUT2D eigenvalue weighted by atomic mass is 10.1. The Balaban J connectivity index is 2.64. The minimum atomic E-state index is -0.244. The Morgan fingerprint density at radius 3 is 2.59 bits per heavy atom. The van der Waals surface area contributed by atoms with Crippen molar-refractivity contribution >= 4 is 0 Å². The second-order valence-corrected chi connectivity index (χ2v) is 4.93. The summed E-state index contributed by atoms with van der Waals surface area (Å²) >= 11 is 0. The predicted octanol–water partition coefficient (Wildman–Crippen LogP) is 2.25. The van der Waals surface area contributed by atoms with Crippen LogP contribution >= 0.6 is 0 Å². The Morgan fingerprint density at radius 1 is 1.35 bits per heavy atom. The summed E-state index contributed by atoms with van der Waals surface area (Å²) in [6, 6.07) is 6.17. The summed E-state index contributed by atoms with van der Waals surface area (Å²) in [4.78, 5) is 0. The molecule has 0 aliphatic rings. The number of nitrogens with one attached hydrogen (secondary N) is 1. The van der Waals surface area contributed by atoms with E-state index in [-0.39, 0.29) is 12.1 Å². The summed E-state index contributed by atoms with van der Waals surface area (Å²) in [5.74, 6) is 0.942. The van der Waals surface area contributed by atoms with E-state index in [9.17, 15) is 0 Å². The van der Waals surface area contributed by atoms with Crippen LogP contribution in [0.4, 0.5) is 0 Å². The Morgan fingerprint density at radius 2 is 2.06 bits per heavy atom. The predicted molar refractivity (Wildman–Crippen MR) is 70.4 cm³/mol. The molecule has 3 heteroatoms. The molecule has 0 atom stereocenters. The van der Waals surface area contributed by atoms with Crippen molar-refractivity contribution in [1.29, 1.82) is 0 Å². The Hall–Kier alpha value is -1.06. The van der Waals surface area contributed by atoms with E-state index < -0.39 is 0 Å². The van der Waals surface area contributed by atoms with Gasteiger partial charge in [0.05, 0.1) is 13.2 Å². The average molecular weight is 237 g/mol. The van der Waals surface area contributed by atoms with E-state index in [4.69, 9.17) is 9.84 Å². The number of ether oxygens (including phenoxy) is 1. The molecule has 3 nitrogen and oxygen atoms in total. The molecule has 0 unspecified atom stereocenters. The van der Waals surface area contributed by atoms with Crippen LogP contribution in [-0.2, 0) is 6.54 Å². The first kappa shape index (κ1) is 14.0. The molecule has 1 rings (SSSR count). The van der Waals surface area contributed by atoms with Crippen molar-refractivity contribution in [3.05, 3.63) is 29.3 Å². The highest BCUT2D eigenvalue weighted by molar-refractivity contribution is 5.36. The maximum atomic E-state index is 9.16. The van der Waals surface area contributed by atoms with Crippen molar-refractivity contribution in [2.24, 2.45) is 0 Å². The van der Waals surface area contributed by atoms with Crippen LogP contribution in [0, 0.1) is 6.92 Å². The number of benzene rings is 1. The molecule has 1 aromatic rings. The number of aliphatic hydroxyl groups is 1. The summed E-state index contributed by atoms with van der Waals surface area (Å²) in [6.07, 6.45) is 0. The standard InChI is InChI=1S/C14H23NO2/c1-5-17-13-7-6-12(8-11(13)2)9-15-14(3,4)10-16/h6-8,15-16H,5,9-10H2,1-4H3. The molecular weight excluding hydrogens is 214 g/mol. The maximum absolute atomic E-state index is 9.16. The van der Waals surface area contributed by atoms with Crippen LogP contribution in [0.5, 0.6) is 5.75 Å². The van der Waals surface area contributed by atoms with Gasteiger partial charge >= 0.3 is 0 Å². The van der Waals surface area contributed by atoms with Crippen molar-refractivity contribution < 1.29 is 9.84 Å². The number of rotatable bonds is 6. The summed E-state index contributed by atoms with van der Waals surface area (Å²) < 4.78 is 5.50. The first-order chi connectivity index (χ1) is 7.98. The molecule has 0 aromatic heterocycles. The van der Waals surface area contributed by atoms with E-state index in [0.29, 0.717) is 6.61 Å². The molecule has 0 radical (unpaired) electrons. The lowest BCUT2D eigenvalue weighted by Crippen LogP contribution is -2.42. The van der Waals surface area contributed by atoms with Crippen LogP contribution < -0.4 is 10.1 Å². The largest absolute Gasteiger partial charge is 0.494 e. The molecule has 0 saturated heterocycles. The minimum absolute atomic E-state index is 0.128. The van der Waals surface area contributed by atoms with Gasteiger partial charge in [-0.3, -0.25) is 0 Å². The molecule has 0 amide bonds. The van der Waals surface area contributed by atoms with Crippen LogP contribution in [0.15, 0.2) is 18.2 Å². The van der Waals surface area contributed by atoms with Crippen LogP contribution in [-0.4, -0.2) is 23.9 Å². The van der Waals surface area contributed by atoms with Crippen LogP contribution in [0.1, 0.15) is 31.9 Å². The maximum Gasteiger partial charge on any atom is 0.122 e. The van der Waals surface area contributed by atoms with E-state index in [1.165, 1.54) is 5.56 Å². The van der Waals surface area contributed by atoms with Crippen LogP contribution in [0.2, 0.25) is 0 Å². The number of aliphatic hydroxyl groups excluding tert-OH is 1. The Labute approximate surface area is 104 Å². The average Bonchev–Trinajstić information content (AvgIpc) is 2.30. The highest BCUT2D eigenvalue weighted by atomic mass is 16.5. The van der Waals surface area contributed by atoms with Gasteiger partial charge in [-0.25, -0.2) is 0 Å². The fourth-order valence-corrected chi connectivity index (χ4v) is 1.54. The molecule has 0 aliphatic carbocycles. The minimum Gasteiger partial charge on any atom is -0.494 e. The number of hydrogen-bond acceptors (Lipinski definition) is 3. The smallest absolute Gasteiger partial charge is 0.122 e. The number of hydrogen-bond donors (Lipinski definition) is 2. The fraction of sp³-hybridized carbons (Fsp3) is 0.571. The van der Waals surface area contributed by atoms with E-state index in [1.54, 1.807) is 0 Å². The summed E-state index contributed by atoms with van der Waals surface area (Å²) in [5.41, 5.74) is 2.10. The van der Waals surface area contributed by atoms with Crippen molar-refractivity contribution in [2.45, 2.75) is 39.8 Å². The topological polar surface area (TPSA) is 41.5 Å². The fourth-order valence-electron chi connectivity index (χ4n) is 1.54. The van der Waals surface area contributed by atoms with Gasteiger partial charge in [-0.05, 0) is 44.9 Å². The lowest BCUT2D eigenvalue weighted by Gasteiger charge is -2.23. The van der Waals surface area contributed by atoms with Crippen LogP contribution in [0.3, 0.4) is 0 Å². The third-order valence-corrected chi connectivity index (χ3v) is 2.71. The van der Waals surface area contributed by atoms with Crippen molar-refractivity contribution in [2.75, 3.05) is 13.2 Å². The van der Waals surface area contributed by atoms with Crippen LogP contribution in [0.25, 0.3) is 0 Å². The second-order valence-electron chi connectivity index (χ2n) is 4.93. The quantitative estimate of drug-likeness (QED) is 0.797. The second kappa shape index (κ2) is 6.03. The zero-order chi connectivity index (χ0) is 12.9. The van der Waals surface area contributed by atoms with Gasteiger partial charge in [0.1, 0.15) is 5.75 Å². The molecule has 0 aliphatic heterocycles. The molecule has 0 bridgehead atoms. The summed E-state index contributed by atoms with van der Waals surface area (Å²) in [7, 11) is 0. The molecule has 0 spiro atoms. The van der Waals surface area contributed by atoms with Gasteiger partial charge in [0.15, 0.2) is 0 Å². The summed E-state index contributed by atoms with van der Waals surface area (Å²) in [5, 5.41) is 12.5. The SMILES string of the molecule is CCOc1ccc(CNC(C)(C)CO)cc1C. The van der Waals surface area contributed by atoms with E-state index in [0.717, 1.165) is 17.9 Å². The van der Waals surface area contributed by atoms with Crippen molar-refractivity contribution in [1.82, 2.24) is 5.32 Å². The molecule has 0 heterocycles. The van der Waals surface area contributed by atoms with Gasteiger partial charge in [0.25, 0.3) is 0 Å². The van der Waals surface area contributed by atoms with Crippen molar-refractivity contribution in [3.8, 4) is 5.75 Å². The van der Waals surface area contributed by atoms with Gasteiger partial charge < -0.3 is 15.2 Å². The van der Waals surface area contributed by atoms with Gasteiger partial charge in [-0.15, -0.1) is 0 Å². The third-order valence-electron chi connectivity index (χ3n) is 2.71. The molecule has 0 fully saturated rings. The zero-order valence-electron chi connectivity index (χ0n) is 11.2. The van der Waals surface area contributed by atoms with E-state index in [1.807, 2.05) is 33.8 Å². The highest BCUT2D eigenvalue weighted by Gasteiger charge is 2.14. The molecule has 96 valence electrons. The normalized spacial score (nSPS) is 11.6. The Kier molecular flexibility index (Phi) is 4.97.